The van der Waals surface area contributed by atoms with Gasteiger partial charge in [0.15, 0.2) is 0 Å². The first-order chi connectivity index (χ1) is 20.0. The minimum absolute atomic E-state index is 0.0118. The maximum Gasteiger partial charge on any atom is 0.491 e. The quantitative estimate of drug-likeness (QED) is 0.157. The number of hydrogen-bond donors (Lipinski definition) is 2. The lowest BCUT2D eigenvalue weighted by Crippen LogP contribution is -2.33. The minimum Gasteiger partial charge on any atom is -0.420 e. The van der Waals surface area contributed by atoms with E-state index in [4.69, 9.17) is 5.73 Å². The van der Waals surface area contributed by atoms with Crippen LogP contribution in [0.1, 0.15) is 48.2 Å². The third-order valence-electron chi connectivity index (χ3n) is 6.40. The molecule has 0 heterocycles. The number of amides is 2. The van der Waals surface area contributed by atoms with Crippen LogP contribution < -0.4 is 15.8 Å². The second-order valence-electron chi connectivity index (χ2n) is 10.4. The third kappa shape index (κ3) is 10.0. The van der Waals surface area contributed by atoms with Crippen LogP contribution in [-0.4, -0.2) is 48.5 Å². The van der Waals surface area contributed by atoms with E-state index < -0.39 is 12.1 Å². The molecule has 0 aliphatic carbocycles. The highest BCUT2D eigenvalue weighted by Gasteiger charge is 2.41. The van der Waals surface area contributed by atoms with E-state index in [0.29, 0.717) is 51.0 Å². The van der Waals surface area contributed by atoms with Crippen molar-refractivity contribution >= 4 is 17.8 Å². The Bertz CT molecular complexity index is 1360. The van der Waals surface area contributed by atoms with Crippen LogP contribution in [0, 0.1) is 5.92 Å². The largest absolute Gasteiger partial charge is 0.491 e. The first-order valence-corrected chi connectivity index (χ1v) is 13.8. The van der Waals surface area contributed by atoms with E-state index in [1.807, 2.05) is 56.3 Å². The van der Waals surface area contributed by atoms with Gasteiger partial charge in [-0.3, -0.25) is 9.59 Å². The SMILES string of the molecule is CC(C)CC(=O)N(CCc1ccc(OC(=O)C(F)(F)F)cc1)Cc1cccc(-c2cccc(C(=O)NCCCN)c2)c1. The van der Waals surface area contributed by atoms with E-state index in [2.05, 4.69) is 10.1 Å². The molecule has 0 bridgehead atoms. The molecule has 0 radical (unpaired) electrons. The molecule has 42 heavy (non-hydrogen) atoms. The van der Waals surface area contributed by atoms with Gasteiger partial charge in [0.1, 0.15) is 5.75 Å². The van der Waals surface area contributed by atoms with Crippen LogP contribution in [-0.2, 0) is 22.6 Å². The monoisotopic (exact) mass is 583 g/mol. The van der Waals surface area contributed by atoms with Gasteiger partial charge in [0.2, 0.25) is 5.91 Å². The Balaban J connectivity index is 1.72. The number of benzene rings is 3. The van der Waals surface area contributed by atoms with Crippen LogP contribution in [0.15, 0.2) is 72.8 Å². The Labute approximate surface area is 243 Å². The zero-order valence-corrected chi connectivity index (χ0v) is 23.7. The molecule has 224 valence electrons. The van der Waals surface area contributed by atoms with Crippen molar-refractivity contribution in [2.45, 2.75) is 45.8 Å². The van der Waals surface area contributed by atoms with Crippen LogP contribution in [0.2, 0.25) is 0 Å². The Morgan fingerprint density at radius 2 is 1.60 bits per heavy atom. The number of alkyl halides is 3. The van der Waals surface area contributed by atoms with E-state index in [1.54, 1.807) is 23.1 Å². The summed E-state index contributed by atoms with van der Waals surface area (Å²) in [5, 5.41) is 2.86. The normalized spacial score (nSPS) is 11.3. The molecule has 0 aromatic heterocycles. The predicted molar refractivity (Wildman–Crippen MR) is 155 cm³/mol. The summed E-state index contributed by atoms with van der Waals surface area (Å²) in [5.74, 6) is -2.50. The predicted octanol–water partition coefficient (Wildman–Crippen LogP) is 5.52. The molecule has 3 rings (SSSR count). The minimum atomic E-state index is -5.07. The van der Waals surface area contributed by atoms with Crippen molar-refractivity contribution in [1.82, 2.24) is 10.2 Å². The lowest BCUT2D eigenvalue weighted by molar-refractivity contribution is -0.189. The van der Waals surface area contributed by atoms with E-state index in [-0.39, 0.29) is 23.5 Å². The lowest BCUT2D eigenvalue weighted by Gasteiger charge is -2.24. The number of esters is 1. The van der Waals surface area contributed by atoms with Gasteiger partial charge in [-0.05, 0) is 77.9 Å². The molecule has 3 aromatic carbocycles. The van der Waals surface area contributed by atoms with Gasteiger partial charge in [0.25, 0.3) is 5.91 Å². The van der Waals surface area contributed by atoms with Crippen LogP contribution >= 0.6 is 0 Å². The molecule has 3 N–H and O–H groups in total. The number of nitrogens with one attached hydrogen (secondary N) is 1. The van der Waals surface area contributed by atoms with Gasteiger partial charge in [-0.25, -0.2) is 4.79 Å². The highest BCUT2D eigenvalue weighted by atomic mass is 19.4. The van der Waals surface area contributed by atoms with Gasteiger partial charge in [-0.15, -0.1) is 0 Å². The van der Waals surface area contributed by atoms with Gasteiger partial charge in [-0.1, -0.05) is 56.3 Å². The van der Waals surface area contributed by atoms with Gasteiger partial charge in [0.05, 0.1) is 0 Å². The second kappa shape index (κ2) is 15.2. The van der Waals surface area contributed by atoms with Crippen molar-refractivity contribution in [3.63, 3.8) is 0 Å². The molecule has 10 heteroatoms. The molecule has 7 nitrogen and oxygen atoms in total. The van der Waals surface area contributed by atoms with Crippen molar-refractivity contribution in [3.05, 3.63) is 89.5 Å². The summed E-state index contributed by atoms with van der Waals surface area (Å²) in [6, 6.07) is 20.9. The number of hydrogen-bond acceptors (Lipinski definition) is 5. The zero-order chi connectivity index (χ0) is 30.7. The van der Waals surface area contributed by atoms with Crippen LogP contribution in [0.4, 0.5) is 13.2 Å². The molecule has 0 atom stereocenters. The number of ether oxygens (including phenoxy) is 1. The average Bonchev–Trinajstić information content (AvgIpc) is 2.95. The summed E-state index contributed by atoms with van der Waals surface area (Å²) in [7, 11) is 0. The van der Waals surface area contributed by atoms with Crippen molar-refractivity contribution in [2.24, 2.45) is 11.7 Å². The maximum atomic E-state index is 13.1. The molecular weight excluding hydrogens is 547 g/mol. The first kappa shape index (κ1) is 32.3. The Hall–Kier alpha value is -4.18. The molecule has 0 spiro atoms. The molecular formula is C32H36F3N3O4. The number of carbonyl (C=O) groups excluding carboxylic acids is 3. The smallest absolute Gasteiger partial charge is 0.420 e. The van der Waals surface area contributed by atoms with Crippen LogP contribution in [0.3, 0.4) is 0 Å². The Kier molecular flexibility index (Phi) is 11.7. The lowest BCUT2D eigenvalue weighted by atomic mass is 10.00. The van der Waals surface area contributed by atoms with E-state index in [9.17, 15) is 27.6 Å². The highest BCUT2D eigenvalue weighted by Crippen LogP contribution is 2.24. The fraction of sp³-hybridized carbons (Fsp3) is 0.344. The summed E-state index contributed by atoms with van der Waals surface area (Å²) >= 11 is 0. The van der Waals surface area contributed by atoms with E-state index in [1.165, 1.54) is 12.1 Å². The van der Waals surface area contributed by atoms with E-state index in [0.717, 1.165) is 22.3 Å². The summed E-state index contributed by atoms with van der Waals surface area (Å²) in [6.07, 6.45) is -3.55. The Morgan fingerprint density at radius 3 is 2.24 bits per heavy atom. The van der Waals surface area contributed by atoms with E-state index >= 15 is 0 Å². The van der Waals surface area contributed by atoms with Crippen molar-refractivity contribution < 1.29 is 32.3 Å². The number of carbonyl (C=O) groups is 3. The standard InChI is InChI=1S/C32H36F3N3O4/c1-22(2)18-29(39)38(17-14-23-10-12-28(13-11-23)42-31(41)32(33,34)35)21-24-6-3-7-25(19-24)26-8-4-9-27(20-26)30(40)37-16-5-15-36/h3-4,6-13,19-20,22H,5,14-18,21,36H2,1-2H3,(H,37,40). The van der Waals surface area contributed by atoms with Crippen LogP contribution in [0.25, 0.3) is 11.1 Å². The highest BCUT2D eigenvalue weighted by molar-refractivity contribution is 5.95. The average molecular weight is 584 g/mol. The van der Waals surface area contributed by atoms with Crippen molar-refractivity contribution in [1.29, 1.82) is 0 Å². The molecule has 0 aliphatic heterocycles. The fourth-order valence-electron chi connectivity index (χ4n) is 4.24. The second-order valence-corrected chi connectivity index (χ2v) is 10.4. The number of nitrogens with zero attached hydrogens (tertiary/aromatic N) is 1. The van der Waals surface area contributed by atoms with Gasteiger partial charge in [-0.2, -0.15) is 13.2 Å². The first-order valence-electron chi connectivity index (χ1n) is 13.8. The van der Waals surface area contributed by atoms with Gasteiger partial charge >= 0.3 is 12.1 Å². The summed E-state index contributed by atoms with van der Waals surface area (Å²) < 4.78 is 41.7. The van der Waals surface area contributed by atoms with Crippen molar-refractivity contribution in [2.75, 3.05) is 19.6 Å². The summed E-state index contributed by atoms with van der Waals surface area (Å²) in [6.45, 7) is 5.69. The van der Waals surface area contributed by atoms with Gasteiger partial charge < -0.3 is 20.7 Å². The van der Waals surface area contributed by atoms with Crippen LogP contribution in [0.5, 0.6) is 5.75 Å². The molecule has 3 aromatic rings. The third-order valence-corrected chi connectivity index (χ3v) is 6.40. The Morgan fingerprint density at radius 1 is 0.929 bits per heavy atom. The molecule has 0 unspecified atom stereocenters. The molecule has 0 saturated carbocycles. The number of rotatable bonds is 13. The van der Waals surface area contributed by atoms with Gasteiger partial charge in [0, 0.05) is 31.6 Å². The zero-order valence-electron chi connectivity index (χ0n) is 23.7. The number of nitrogens with two attached hydrogens (primary N) is 1. The number of halogens is 3. The molecule has 0 saturated heterocycles. The molecule has 2 amide bonds. The maximum absolute atomic E-state index is 13.1. The molecule has 0 aliphatic rings. The summed E-state index contributed by atoms with van der Waals surface area (Å²) in [5.41, 5.74) is 9.51. The molecule has 0 fully saturated rings. The van der Waals surface area contributed by atoms with Crippen molar-refractivity contribution in [3.8, 4) is 16.9 Å². The summed E-state index contributed by atoms with van der Waals surface area (Å²) in [4.78, 5) is 38.5. The topological polar surface area (TPSA) is 102 Å². The fourth-order valence-corrected chi connectivity index (χ4v) is 4.24.